The van der Waals surface area contributed by atoms with E-state index in [0.717, 1.165) is 5.56 Å². The molecule has 0 atom stereocenters. The van der Waals surface area contributed by atoms with E-state index >= 15 is 0 Å². The van der Waals surface area contributed by atoms with Crippen molar-refractivity contribution in [3.8, 4) is 0 Å². The maximum Gasteiger partial charge on any atom is 0.197 e. The highest BCUT2D eigenvalue weighted by molar-refractivity contribution is 9.10. The lowest BCUT2D eigenvalue weighted by Gasteiger charge is -2.02. The van der Waals surface area contributed by atoms with Crippen LogP contribution in [0.5, 0.6) is 0 Å². The van der Waals surface area contributed by atoms with Crippen LogP contribution in [0.2, 0.25) is 0 Å². The first-order valence-electron chi connectivity index (χ1n) is 4.62. The normalized spacial score (nSPS) is 10.4. The summed E-state index contributed by atoms with van der Waals surface area (Å²) in [6.45, 7) is 1.85. The molecular formula is C12H8BrFOS. The van der Waals surface area contributed by atoms with Crippen LogP contribution < -0.4 is 0 Å². The van der Waals surface area contributed by atoms with Gasteiger partial charge in [0.15, 0.2) is 5.78 Å². The molecule has 0 radical (unpaired) electrons. The Labute approximate surface area is 105 Å². The van der Waals surface area contributed by atoms with E-state index in [-0.39, 0.29) is 11.3 Å². The topological polar surface area (TPSA) is 17.1 Å². The monoisotopic (exact) mass is 298 g/mol. The highest BCUT2D eigenvalue weighted by Crippen LogP contribution is 2.22. The summed E-state index contributed by atoms with van der Waals surface area (Å²) in [6.07, 6.45) is 0. The maximum absolute atomic E-state index is 13.5. The van der Waals surface area contributed by atoms with Crippen LogP contribution in [0.15, 0.2) is 33.4 Å². The van der Waals surface area contributed by atoms with E-state index in [4.69, 9.17) is 0 Å². The van der Waals surface area contributed by atoms with Crippen molar-refractivity contribution in [2.75, 3.05) is 0 Å². The van der Waals surface area contributed by atoms with Gasteiger partial charge < -0.3 is 0 Å². The molecule has 4 heteroatoms. The highest BCUT2D eigenvalue weighted by atomic mass is 79.9. The van der Waals surface area contributed by atoms with Crippen molar-refractivity contribution in [2.45, 2.75) is 6.92 Å². The average Bonchev–Trinajstić information content (AvgIpc) is 2.67. The molecule has 1 aromatic heterocycles. The quantitative estimate of drug-likeness (QED) is 0.760. The third-order valence-electron chi connectivity index (χ3n) is 2.27. The SMILES string of the molecule is Cc1cscc1C(=O)c1cc(Br)ccc1F. The van der Waals surface area contributed by atoms with Gasteiger partial charge >= 0.3 is 0 Å². The Balaban J connectivity index is 2.49. The fraction of sp³-hybridized carbons (Fsp3) is 0.0833. The van der Waals surface area contributed by atoms with Crippen molar-refractivity contribution < 1.29 is 9.18 Å². The zero-order valence-corrected chi connectivity index (χ0v) is 10.9. The van der Waals surface area contributed by atoms with Gasteiger partial charge in [0.25, 0.3) is 0 Å². The maximum atomic E-state index is 13.5. The van der Waals surface area contributed by atoms with Gasteiger partial charge in [-0.1, -0.05) is 15.9 Å². The number of hydrogen-bond acceptors (Lipinski definition) is 2. The number of rotatable bonds is 2. The molecule has 2 aromatic rings. The molecule has 82 valence electrons. The van der Waals surface area contributed by atoms with Crippen molar-refractivity contribution >= 4 is 33.0 Å². The van der Waals surface area contributed by atoms with Crippen LogP contribution >= 0.6 is 27.3 Å². The van der Waals surface area contributed by atoms with Crippen LogP contribution in [-0.4, -0.2) is 5.78 Å². The molecule has 1 nitrogen and oxygen atoms in total. The first kappa shape index (κ1) is 11.5. The van der Waals surface area contributed by atoms with Crippen molar-refractivity contribution in [1.29, 1.82) is 0 Å². The van der Waals surface area contributed by atoms with Crippen molar-refractivity contribution in [3.63, 3.8) is 0 Å². The van der Waals surface area contributed by atoms with Crippen LogP contribution in [0.25, 0.3) is 0 Å². The van der Waals surface area contributed by atoms with E-state index in [1.807, 2.05) is 12.3 Å². The molecule has 1 aromatic carbocycles. The van der Waals surface area contributed by atoms with E-state index < -0.39 is 5.82 Å². The largest absolute Gasteiger partial charge is 0.288 e. The van der Waals surface area contributed by atoms with Crippen LogP contribution in [0, 0.1) is 12.7 Å². The molecular weight excluding hydrogens is 291 g/mol. The Kier molecular flexibility index (Phi) is 3.21. The van der Waals surface area contributed by atoms with E-state index in [2.05, 4.69) is 15.9 Å². The minimum Gasteiger partial charge on any atom is -0.288 e. The first-order chi connectivity index (χ1) is 7.59. The van der Waals surface area contributed by atoms with Gasteiger partial charge in [-0.05, 0) is 36.1 Å². The van der Waals surface area contributed by atoms with Gasteiger partial charge in [0.1, 0.15) is 5.82 Å². The Hall–Kier alpha value is -1.00. The Morgan fingerprint density at radius 3 is 2.69 bits per heavy atom. The summed E-state index contributed by atoms with van der Waals surface area (Å²) >= 11 is 4.67. The number of halogens is 2. The van der Waals surface area contributed by atoms with Gasteiger partial charge in [0, 0.05) is 15.4 Å². The van der Waals surface area contributed by atoms with Gasteiger partial charge in [-0.3, -0.25) is 4.79 Å². The van der Waals surface area contributed by atoms with Crippen LogP contribution in [0.1, 0.15) is 21.5 Å². The highest BCUT2D eigenvalue weighted by Gasteiger charge is 2.16. The number of aryl methyl sites for hydroxylation is 1. The Morgan fingerprint density at radius 1 is 1.31 bits per heavy atom. The summed E-state index contributed by atoms with van der Waals surface area (Å²) in [4.78, 5) is 12.0. The molecule has 0 aliphatic heterocycles. The van der Waals surface area contributed by atoms with E-state index in [9.17, 15) is 9.18 Å². The standard InChI is InChI=1S/C12H8BrFOS/c1-7-5-16-6-10(7)12(15)9-4-8(13)2-3-11(9)14/h2-6H,1H3. The van der Waals surface area contributed by atoms with Crippen LogP contribution in [0.3, 0.4) is 0 Å². The molecule has 0 unspecified atom stereocenters. The van der Waals surface area contributed by atoms with Gasteiger partial charge in [0.2, 0.25) is 0 Å². The lowest BCUT2D eigenvalue weighted by Crippen LogP contribution is -2.04. The molecule has 0 aliphatic carbocycles. The second-order valence-corrected chi connectivity index (χ2v) is 5.08. The summed E-state index contributed by atoms with van der Waals surface area (Å²) in [5.41, 5.74) is 1.56. The van der Waals surface area contributed by atoms with Gasteiger partial charge in [-0.25, -0.2) is 4.39 Å². The number of carbonyl (C=O) groups is 1. The molecule has 2 rings (SSSR count). The van der Waals surface area contributed by atoms with E-state index in [1.54, 1.807) is 11.4 Å². The number of hydrogen-bond donors (Lipinski definition) is 0. The van der Waals surface area contributed by atoms with Crippen LogP contribution in [-0.2, 0) is 0 Å². The molecule has 0 bridgehead atoms. The van der Waals surface area contributed by atoms with Gasteiger partial charge in [-0.2, -0.15) is 11.3 Å². The molecule has 1 heterocycles. The first-order valence-corrected chi connectivity index (χ1v) is 6.35. The summed E-state index contributed by atoms with van der Waals surface area (Å²) in [7, 11) is 0. The molecule has 0 saturated heterocycles. The third kappa shape index (κ3) is 2.08. The predicted octanol–water partition coefficient (Wildman–Crippen LogP) is 4.19. The van der Waals surface area contributed by atoms with Crippen LogP contribution in [0.4, 0.5) is 4.39 Å². The number of thiophene rings is 1. The minimum absolute atomic E-state index is 0.107. The fourth-order valence-corrected chi connectivity index (χ4v) is 2.60. The molecule has 0 spiro atoms. The average molecular weight is 299 g/mol. The Morgan fingerprint density at radius 2 is 2.06 bits per heavy atom. The summed E-state index contributed by atoms with van der Waals surface area (Å²) in [5, 5.41) is 3.63. The lowest BCUT2D eigenvalue weighted by atomic mass is 10.0. The summed E-state index contributed by atoms with van der Waals surface area (Å²) in [5.74, 6) is -0.753. The molecule has 0 saturated carbocycles. The van der Waals surface area contributed by atoms with E-state index in [1.165, 1.54) is 23.5 Å². The van der Waals surface area contributed by atoms with E-state index in [0.29, 0.717) is 10.0 Å². The van der Waals surface area contributed by atoms with Crippen molar-refractivity contribution in [2.24, 2.45) is 0 Å². The number of ketones is 1. The zero-order chi connectivity index (χ0) is 11.7. The summed E-state index contributed by atoms with van der Waals surface area (Å²) in [6, 6.07) is 4.38. The predicted molar refractivity (Wildman–Crippen MR) is 66.6 cm³/mol. The number of carbonyl (C=O) groups excluding carboxylic acids is 1. The zero-order valence-electron chi connectivity index (χ0n) is 8.46. The third-order valence-corrected chi connectivity index (χ3v) is 3.63. The second kappa shape index (κ2) is 4.47. The van der Waals surface area contributed by atoms with Crippen molar-refractivity contribution in [3.05, 3.63) is 55.9 Å². The van der Waals surface area contributed by atoms with Gasteiger partial charge in [0.05, 0.1) is 5.56 Å². The van der Waals surface area contributed by atoms with Gasteiger partial charge in [-0.15, -0.1) is 0 Å². The molecule has 0 fully saturated rings. The minimum atomic E-state index is -0.487. The smallest absolute Gasteiger partial charge is 0.197 e. The second-order valence-electron chi connectivity index (χ2n) is 3.42. The fourth-order valence-electron chi connectivity index (χ4n) is 1.41. The Bertz CT molecular complexity index is 548. The lowest BCUT2D eigenvalue weighted by molar-refractivity contribution is 0.103. The molecule has 0 amide bonds. The number of benzene rings is 1. The molecule has 0 N–H and O–H groups in total. The molecule has 0 aliphatic rings. The summed E-state index contributed by atoms with van der Waals surface area (Å²) < 4.78 is 14.2. The molecule has 16 heavy (non-hydrogen) atoms. The van der Waals surface area contributed by atoms with Crippen molar-refractivity contribution in [1.82, 2.24) is 0 Å².